The van der Waals surface area contributed by atoms with Gasteiger partial charge in [-0.05, 0) is 56.3 Å². The minimum atomic E-state index is -4.65. The number of rotatable bonds is 4. The molecule has 35 heavy (non-hydrogen) atoms. The number of benzene rings is 2. The number of anilines is 5. The quantitative estimate of drug-likeness (QED) is 0.363. The zero-order chi connectivity index (χ0) is 25.4. The van der Waals surface area contributed by atoms with Crippen LogP contribution in [0.15, 0.2) is 48.8 Å². The van der Waals surface area contributed by atoms with Gasteiger partial charge in [0.2, 0.25) is 5.75 Å². The van der Waals surface area contributed by atoms with E-state index in [0.717, 1.165) is 12.1 Å². The maximum atomic E-state index is 13.0. The maximum Gasteiger partial charge on any atom is 0.417 e. The number of urea groups is 1. The molecule has 0 aliphatic carbocycles. The molecule has 13 heteroatoms. The first kappa shape index (κ1) is 24.1. The van der Waals surface area contributed by atoms with Crippen molar-refractivity contribution in [2.45, 2.75) is 25.6 Å². The maximum absolute atomic E-state index is 13.0. The van der Waals surface area contributed by atoms with E-state index in [1.165, 1.54) is 12.4 Å². The summed E-state index contributed by atoms with van der Waals surface area (Å²) in [7, 11) is 0. The van der Waals surface area contributed by atoms with E-state index >= 15 is 0 Å². The number of nitrogens with one attached hydrogen (secondary N) is 4. The van der Waals surface area contributed by atoms with Gasteiger partial charge in [-0.3, -0.25) is 4.79 Å². The van der Waals surface area contributed by atoms with Crippen molar-refractivity contribution >= 4 is 52.2 Å². The number of halogens is 4. The van der Waals surface area contributed by atoms with Crippen LogP contribution in [-0.4, -0.2) is 27.5 Å². The molecule has 0 fully saturated rings. The van der Waals surface area contributed by atoms with E-state index in [4.69, 9.17) is 16.3 Å². The first-order chi connectivity index (χ1) is 16.4. The smallest absolute Gasteiger partial charge is 0.417 e. The van der Waals surface area contributed by atoms with Gasteiger partial charge in [0.1, 0.15) is 6.33 Å². The topological polar surface area (TPSA) is 117 Å². The number of aromatic nitrogens is 2. The highest BCUT2D eigenvalue weighted by Gasteiger charge is 2.38. The van der Waals surface area contributed by atoms with Crippen LogP contribution in [0.2, 0.25) is 5.02 Å². The van der Waals surface area contributed by atoms with Gasteiger partial charge in [-0.25, -0.2) is 14.8 Å². The predicted octanol–water partition coefficient (Wildman–Crippen LogP) is 5.65. The average molecular weight is 507 g/mol. The normalized spacial score (nSPS) is 14.3. The summed E-state index contributed by atoms with van der Waals surface area (Å²) < 4.78 is 44.8. The van der Waals surface area contributed by atoms with Crippen LogP contribution in [0, 0.1) is 0 Å². The summed E-state index contributed by atoms with van der Waals surface area (Å²) in [5.41, 5.74) is -1.26. The standard InChI is InChI=1S/C22H18ClF3N6O3/c1-21(2)19(33)32-18-16(35-21)17(27-10-28-18)29-11-3-5-12(6-4-11)30-20(34)31-13-7-8-15(23)14(9-13)22(24,25)26/h3-10H,1-2H3,(H2,30,31,34)(H2,27,28,29,32,33). The molecule has 0 radical (unpaired) electrons. The lowest BCUT2D eigenvalue weighted by Crippen LogP contribution is -2.46. The van der Waals surface area contributed by atoms with Gasteiger partial charge in [0.25, 0.3) is 5.91 Å². The number of ether oxygens (including phenoxy) is 1. The Morgan fingerprint density at radius 2 is 1.66 bits per heavy atom. The number of nitrogens with zero attached hydrogens (tertiary/aromatic N) is 2. The predicted molar refractivity (Wildman–Crippen MR) is 124 cm³/mol. The minimum Gasteiger partial charge on any atom is -0.470 e. The van der Waals surface area contributed by atoms with Crippen molar-refractivity contribution in [1.29, 1.82) is 0 Å². The Bertz CT molecular complexity index is 1300. The molecule has 0 saturated carbocycles. The van der Waals surface area contributed by atoms with Crippen molar-refractivity contribution in [1.82, 2.24) is 9.97 Å². The minimum absolute atomic E-state index is 0.0685. The molecule has 0 saturated heterocycles. The molecule has 2 aromatic carbocycles. The molecule has 4 rings (SSSR count). The second kappa shape index (κ2) is 8.95. The number of hydrogen-bond donors (Lipinski definition) is 4. The van der Waals surface area contributed by atoms with Crippen LogP contribution in [-0.2, 0) is 11.0 Å². The second-order valence-electron chi connectivity index (χ2n) is 7.94. The fraction of sp³-hybridized carbons (Fsp3) is 0.182. The van der Waals surface area contributed by atoms with Gasteiger partial charge in [-0.1, -0.05) is 11.6 Å². The molecule has 3 aromatic rings. The van der Waals surface area contributed by atoms with Crippen molar-refractivity contribution in [3.8, 4) is 5.75 Å². The zero-order valence-corrected chi connectivity index (χ0v) is 19.0. The second-order valence-corrected chi connectivity index (χ2v) is 8.35. The highest BCUT2D eigenvalue weighted by atomic mass is 35.5. The van der Waals surface area contributed by atoms with E-state index < -0.39 is 28.4 Å². The van der Waals surface area contributed by atoms with Gasteiger partial charge in [-0.15, -0.1) is 0 Å². The molecular weight excluding hydrogens is 489 g/mol. The molecule has 0 spiro atoms. The molecule has 1 aromatic heterocycles. The Morgan fingerprint density at radius 3 is 2.34 bits per heavy atom. The third-order valence-electron chi connectivity index (χ3n) is 4.87. The van der Waals surface area contributed by atoms with Gasteiger partial charge in [0, 0.05) is 17.1 Å². The lowest BCUT2D eigenvalue weighted by molar-refractivity contribution is -0.137. The van der Waals surface area contributed by atoms with Gasteiger partial charge in [-0.2, -0.15) is 13.2 Å². The number of alkyl halides is 3. The molecule has 1 aliphatic heterocycles. The number of carbonyl (C=O) groups excluding carboxylic acids is 2. The summed E-state index contributed by atoms with van der Waals surface area (Å²) in [5.74, 6) is 0.499. The fourth-order valence-corrected chi connectivity index (χ4v) is 3.32. The largest absolute Gasteiger partial charge is 0.470 e. The number of hydrogen-bond acceptors (Lipinski definition) is 6. The van der Waals surface area contributed by atoms with E-state index in [1.807, 2.05) is 0 Å². The Balaban J connectivity index is 1.42. The monoisotopic (exact) mass is 506 g/mol. The molecule has 9 nitrogen and oxygen atoms in total. The molecule has 4 N–H and O–H groups in total. The highest BCUT2D eigenvalue weighted by molar-refractivity contribution is 6.31. The molecule has 1 aliphatic rings. The number of carbonyl (C=O) groups is 2. The third-order valence-corrected chi connectivity index (χ3v) is 5.20. The van der Waals surface area contributed by atoms with Gasteiger partial charge < -0.3 is 26.0 Å². The summed E-state index contributed by atoms with van der Waals surface area (Å²) in [5, 5.41) is 10.1. The van der Waals surface area contributed by atoms with Gasteiger partial charge in [0.05, 0.1) is 10.6 Å². The van der Waals surface area contributed by atoms with Crippen LogP contribution in [0.4, 0.5) is 46.7 Å². The molecule has 0 atom stereocenters. The van der Waals surface area contributed by atoms with Gasteiger partial charge in [0.15, 0.2) is 17.2 Å². The summed E-state index contributed by atoms with van der Waals surface area (Å²) in [6.07, 6.45) is -3.38. The van der Waals surface area contributed by atoms with E-state index in [-0.39, 0.29) is 23.2 Å². The molecular formula is C22H18ClF3N6O3. The van der Waals surface area contributed by atoms with Crippen molar-refractivity contribution in [3.05, 3.63) is 59.4 Å². The average Bonchev–Trinajstić information content (AvgIpc) is 2.77. The molecule has 3 amide bonds. The Hall–Kier alpha value is -4.06. The summed E-state index contributed by atoms with van der Waals surface area (Å²) >= 11 is 5.59. The van der Waals surface area contributed by atoms with E-state index in [1.54, 1.807) is 38.1 Å². The summed E-state index contributed by atoms with van der Waals surface area (Å²) in [6.45, 7) is 3.23. The van der Waals surface area contributed by atoms with Crippen molar-refractivity contribution in [3.63, 3.8) is 0 Å². The number of amides is 3. The van der Waals surface area contributed by atoms with E-state index in [0.29, 0.717) is 17.2 Å². The van der Waals surface area contributed by atoms with Crippen molar-refractivity contribution < 1.29 is 27.5 Å². The highest BCUT2D eigenvalue weighted by Crippen LogP contribution is 2.38. The van der Waals surface area contributed by atoms with Crippen molar-refractivity contribution in [2.24, 2.45) is 0 Å². The Kier molecular flexibility index (Phi) is 6.15. The number of fused-ring (bicyclic) bond motifs is 1. The van der Waals surface area contributed by atoms with Crippen LogP contribution >= 0.6 is 11.6 Å². The Labute approximate surface area is 202 Å². The first-order valence-corrected chi connectivity index (χ1v) is 10.5. The van der Waals surface area contributed by atoms with E-state index in [2.05, 4.69) is 31.2 Å². The van der Waals surface area contributed by atoms with Crippen LogP contribution < -0.4 is 26.0 Å². The lowest BCUT2D eigenvalue weighted by Gasteiger charge is -2.31. The molecule has 0 bridgehead atoms. The van der Waals surface area contributed by atoms with Crippen LogP contribution in [0.1, 0.15) is 19.4 Å². The third kappa shape index (κ3) is 5.38. The van der Waals surface area contributed by atoms with Crippen LogP contribution in [0.5, 0.6) is 5.75 Å². The zero-order valence-electron chi connectivity index (χ0n) is 18.2. The van der Waals surface area contributed by atoms with Crippen LogP contribution in [0.25, 0.3) is 0 Å². The Morgan fingerprint density at radius 1 is 1.03 bits per heavy atom. The molecule has 182 valence electrons. The molecule has 2 heterocycles. The lowest BCUT2D eigenvalue weighted by atomic mass is 10.1. The first-order valence-electron chi connectivity index (χ1n) is 10.1. The van der Waals surface area contributed by atoms with Crippen LogP contribution in [0.3, 0.4) is 0 Å². The van der Waals surface area contributed by atoms with E-state index in [9.17, 15) is 22.8 Å². The fourth-order valence-electron chi connectivity index (χ4n) is 3.10. The molecule has 0 unspecified atom stereocenters. The summed E-state index contributed by atoms with van der Waals surface area (Å²) in [6, 6.07) is 8.76. The summed E-state index contributed by atoms with van der Waals surface area (Å²) in [4.78, 5) is 32.5. The SMILES string of the molecule is CC1(C)Oc2c(ncnc2Nc2ccc(NC(=O)Nc3ccc(Cl)c(C(F)(F)F)c3)cc2)NC1=O. The van der Waals surface area contributed by atoms with Crippen molar-refractivity contribution in [2.75, 3.05) is 21.3 Å². The van der Waals surface area contributed by atoms with Gasteiger partial charge >= 0.3 is 12.2 Å².